The Bertz CT molecular complexity index is 1870. The van der Waals surface area contributed by atoms with Crippen molar-refractivity contribution in [2.24, 2.45) is 50.5 Å². The molecule has 1 fully saturated rings. The molecular formula is C42H70N14O10. The van der Waals surface area contributed by atoms with Gasteiger partial charge < -0.3 is 75.7 Å². The summed E-state index contributed by atoms with van der Waals surface area (Å²) in [5, 5.41) is 35.3. The van der Waals surface area contributed by atoms with Gasteiger partial charge in [-0.1, -0.05) is 46.2 Å². The number of phenolic OH excluding ortho intramolecular Hbond substituents is 1. The Morgan fingerprint density at radius 1 is 0.758 bits per heavy atom. The number of nitrogens with one attached hydrogen (secondary N) is 6. The first-order chi connectivity index (χ1) is 31.2. The maximum atomic E-state index is 14.5. The number of carboxylic acids is 1. The monoisotopic (exact) mass is 931 g/mol. The van der Waals surface area contributed by atoms with Gasteiger partial charge in [0.15, 0.2) is 11.9 Å². The molecule has 7 atom stereocenters. The lowest BCUT2D eigenvalue weighted by molar-refractivity contribution is -0.143. The normalized spacial score (nSPS) is 16.0. The van der Waals surface area contributed by atoms with Gasteiger partial charge in [-0.15, -0.1) is 0 Å². The summed E-state index contributed by atoms with van der Waals surface area (Å²) in [6.07, 6.45) is 1.48. The number of nitrogens with two attached hydrogens (primary N) is 5. The van der Waals surface area contributed by atoms with Crippen LogP contribution < -0.4 is 60.6 Å². The second kappa shape index (κ2) is 28.2. The smallest absolute Gasteiger partial charge is 0.326 e. The number of likely N-dealkylation sites (tertiary alicyclic amines) is 1. The molecule has 1 saturated heterocycles. The molecule has 0 unspecified atom stereocenters. The summed E-state index contributed by atoms with van der Waals surface area (Å²) in [5.74, 6) is -7.08. The molecule has 24 heteroatoms. The van der Waals surface area contributed by atoms with Crippen LogP contribution in [0.2, 0.25) is 0 Å². The minimum Gasteiger partial charge on any atom is -0.508 e. The molecule has 18 N–H and O–H groups in total. The van der Waals surface area contributed by atoms with Crippen molar-refractivity contribution in [2.45, 2.75) is 122 Å². The Morgan fingerprint density at radius 2 is 1.33 bits per heavy atom. The standard InChI is InChI=1S/C42H70N14O10/c1-5-24(4)34(38(63)54-30(40(65)66)19-23(2)3)55-36(61)29(20-25-12-14-26(57)15-13-25)53-37(62)31-11-8-18-56(31)39(64)28(10-7-17-49-42(46)47)52-35(60)27(9-6-16-48-41(44)45)51-33(59)22-50-32(58)21-43/h12-15,23-24,27-31,34,57H,5-11,16-22,43H2,1-4H3,(H,50,58)(H,51,59)(H,52,60)(H,53,62)(H,54,63)(H,55,61)(H,65,66)(H4,44,45,48)(H4,46,47,49)/t24-,27-,28-,29-,30-,31-,34-/m0/s1. The van der Waals surface area contributed by atoms with Crippen molar-refractivity contribution >= 4 is 59.2 Å². The molecule has 1 aliphatic rings. The molecule has 2 rings (SSSR count). The first-order valence-electron chi connectivity index (χ1n) is 22.1. The summed E-state index contributed by atoms with van der Waals surface area (Å²) in [5.41, 5.74) is 27.7. The summed E-state index contributed by atoms with van der Waals surface area (Å²) in [6.45, 7) is 6.58. The van der Waals surface area contributed by atoms with E-state index in [1.165, 1.54) is 17.0 Å². The van der Waals surface area contributed by atoms with E-state index in [9.17, 15) is 48.6 Å². The number of hydrogen-bond acceptors (Lipinski definition) is 12. The van der Waals surface area contributed by atoms with Crippen LogP contribution in [0.3, 0.4) is 0 Å². The van der Waals surface area contributed by atoms with E-state index in [-0.39, 0.29) is 94.7 Å². The quantitative estimate of drug-likeness (QED) is 0.0223. The van der Waals surface area contributed by atoms with E-state index >= 15 is 0 Å². The molecule has 66 heavy (non-hydrogen) atoms. The summed E-state index contributed by atoms with van der Waals surface area (Å²) in [7, 11) is 0. The summed E-state index contributed by atoms with van der Waals surface area (Å²) in [4.78, 5) is 116. The van der Waals surface area contributed by atoms with Crippen molar-refractivity contribution in [3.63, 3.8) is 0 Å². The highest BCUT2D eigenvalue weighted by Gasteiger charge is 2.40. The molecule has 0 aliphatic carbocycles. The largest absolute Gasteiger partial charge is 0.508 e. The molecule has 24 nitrogen and oxygen atoms in total. The molecule has 1 heterocycles. The zero-order chi connectivity index (χ0) is 49.5. The summed E-state index contributed by atoms with van der Waals surface area (Å²) in [6, 6.07) is -1.41. The average Bonchev–Trinajstić information content (AvgIpc) is 3.76. The zero-order valence-electron chi connectivity index (χ0n) is 38.2. The number of rotatable bonds is 28. The minimum absolute atomic E-state index is 0.00172. The Labute approximate surface area is 384 Å². The number of hydrogen-bond donors (Lipinski definition) is 13. The second-order valence-corrected chi connectivity index (χ2v) is 16.6. The van der Waals surface area contributed by atoms with E-state index in [0.29, 0.717) is 18.4 Å². The van der Waals surface area contributed by atoms with E-state index in [4.69, 9.17) is 28.7 Å². The molecule has 0 spiro atoms. The SMILES string of the molecule is CC[C@H](C)[C@H](NC(=O)[C@H](Cc1ccc(O)cc1)NC(=O)[C@@H]1CCCN1C(=O)[C@H](CCCN=C(N)N)NC(=O)[C@H](CCCN=C(N)N)NC(=O)CNC(=O)CN)C(=O)N[C@@H](CC(C)C)C(=O)O. The number of aliphatic carboxylic acids is 1. The zero-order valence-corrected chi connectivity index (χ0v) is 38.2. The van der Waals surface area contributed by atoms with Crippen LogP contribution in [0.25, 0.3) is 0 Å². The van der Waals surface area contributed by atoms with E-state index in [0.717, 1.165) is 0 Å². The first kappa shape index (κ1) is 55.4. The van der Waals surface area contributed by atoms with Crippen LogP contribution >= 0.6 is 0 Å². The molecule has 0 bridgehead atoms. The third-order valence-corrected chi connectivity index (χ3v) is 10.8. The fourth-order valence-electron chi connectivity index (χ4n) is 7.06. The minimum atomic E-state index is -1.32. The molecule has 1 aromatic rings. The Hall–Kier alpha value is -6.72. The van der Waals surface area contributed by atoms with Crippen LogP contribution in [0.1, 0.15) is 84.6 Å². The van der Waals surface area contributed by atoms with Crippen molar-refractivity contribution < 1.29 is 48.6 Å². The second-order valence-electron chi connectivity index (χ2n) is 16.6. The summed E-state index contributed by atoms with van der Waals surface area (Å²) >= 11 is 0. The maximum Gasteiger partial charge on any atom is 0.326 e. The van der Waals surface area contributed by atoms with Crippen LogP contribution in [0, 0.1) is 11.8 Å². The maximum absolute atomic E-state index is 14.5. The number of phenols is 1. The number of benzene rings is 1. The van der Waals surface area contributed by atoms with Crippen molar-refractivity contribution in [1.82, 2.24) is 36.8 Å². The highest BCUT2D eigenvalue weighted by Crippen LogP contribution is 2.21. The fraction of sp³-hybridized carbons (Fsp3) is 0.619. The number of carboxylic acid groups (broad SMARTS) is 1. The van der Waals surface area contributed by atoms with Crippen molar-refractivity contribution in [2.75, 3.05) is 32.7 Å². The lowest BCUT2D eigenvalue weighted by atomic mass is 9.96. The number of carbonyl (C=O) groups is 8. The fourth-order valence-corrected chi connectivity index (χ4v) is 7.06. The average molecular weight is 931 g/mol. The predicted octanol–water partition coefficient (Wildman–Crippen LogP) is -3.29. The van der Waals surface area contributed by atoms with Gasteiger partial charge in [-0.05, 0) is 74.5 Å². The molecule has 368 valence electrons. The third-order valence-electron chi connectivity index (χ3n) is 10.8. The van der Waals surface area contributed by atoms with Crippen LogP contribution in [0.5, 0.6) is 5.75 Å². The number of guanidine groups is 2. The molecule has 7 amide bonds. The first-order valence-corrected chi connectivity index (χ1v) is 22.1. The number of aliphatic imine (C=N–C) groups is 2. The van der Waals surface area contributed by atoms with Crippen LogP contribution in [-0.4, -0.2) is 143 Å². The number of nitrogens with zero attached hydrogens (tertiary/aromatic N) is 3. The van der Waals surface area contributed by atoms with Gasteiger partial charge in [0.05, 0.1) is 13.1 Å². The van der Waals surface area contributed by atoms with Gasteiger partial charge >= 0.3 is 5.97 Å². The lowest BCUT2D eigenvalue weighted by Crippen LogP contribution is -2.60. The lowest BCUT2D eigenvalue weighted by Gasteiger charge is -2.31. The van der Waals surface area contributed by atoms with Gasteiger partial charge in [0.1, 0.15) is 42.0 Å². The van der Waals surface area contributed by atoms with E-state index in [2.05, 4.69) is 41.9 Å². The molecule has 1 aromatic carbocycles. The molecule has 0 saturated carbocycles. The number of amides is 7. The molecule has 0 radical (unpaired) electrons. The Kier molecular flexibility index (Phi) is 23.7. The molecular weight excluding hydrogens is 861 g/mol. The van der Waals surface area contributed by atoms with Gasteiger partial charge in [-0.3, -0.25) is 43.5 Å². The third kappa shape index (κ3) is 19.6. The van der Waals surface area contributed by atoms with E-state index in [1.807, 2.05) is 13.8 Å². The van der Waals surface area contributed by atoms with Crippen LogP contribution in [0.4, 0.5) is 0 Å². The Balaban J connectivity index is 2.45. The molecule has 1 aliphatic heterocycles. The van der Waals surface area contributed by atoms with E-state index in [1.54, 1.807) is 26.0 Å². The Morgan fingerprint density at radius 3 is 1.88 bits per heavy atom. The van der Waals surface area contributed by atoms with Gasteiger partial charge in [-0.25, -0.2) is 4.79 Å². The highest BCUT2D eigenvalue weighted by atomic mass is 16.4. The number of carbonyl (C=O) groups excluding carboxylic acids is 7. The topological polar surface area (TPSA) is 407 Å². The number of aromatic hydroxyl groups is 1. The highest BCUT2D eigenvalue weighted by molar-refractivity contribution is 5.97. The summed E-state index contributed by atoms with van der Waals surface area (Å²) < 4.78 is 0. The van der Waals surface area contributed by atoms with Crippen LogP contribution in [-0.2, 0) is 44.8 Å². The van der Waals surface area contributed by atoms with Gasteiger partial charge in [-0.2, -0.15) is 0 Å². The molecule has 0 aromatic heterocycles. The van der Waals surface area contributed by atoms with Crippen molar-refractivity contribution in [3.05, 3.63) is 29.8 Å². The van der Waals surface area contributed by atoms with Gasteiger partial charge in [0, 0.05) is 26.1 Å². The van der Waals surface area contributed by atoms with Crippen molar-refractivity contribution in [1.29, 1.82) is 0 Å². The van der Waals surface area contributed by atoms with Crippen molar-refractivity contribution in [3.8, 4) is 5.75 Å². The predicted molar refractivity (Wildman–Crippen MR) is 245 cm³/mol. The van der Waals surface area contributed by atoms with E-state index < -0.39 is 96.0 Å². The van der Waals surface area contributed by atoms with Crippen LogP contribution in [0.15, 0.2) is 34.3 Å². The van der Waals surface area contributed by atoms with Gasteiger partial charge in [0.2, 0.25) is 41.4 Å². The van der Waals surface area contributed by atoms with Gasteiger partial charge in [0.25, 0.3) is 0 Å².